The van der Waals surface area contributed by atoms with Gasteiger partial charge in [0.2, 0.25) is 0 Å². The third kappa shape index (κ3) is 4.35. The SMILES string of the molecule is CC1CCCN(C(=O)c2ccc(Sc3ccccn3)cc2)CC1. The number of aromatic nitrogens is 1. The first kappa shape index (κ1) is 16.1. The third-order valence-corrected chi connectivity index (χ3v) is 5.22. The second-order valence-electron chi connectivity index (χ2n) is 6.12. The van der Waals surface area contributed by atoms with E-state index in [1.165, 1.54) is 6.42 Å². The molecule has 0 N–H and O–H groups in total. The molecule has 0 radical (unpaired) electrons. The van der Waals surface area contributed by atoms with Crippen molar-refractivity contribution in [2.45, 2.75) is 36.1 Å². The molecule has 1 aromatic heterocycles. The minimum Gasteiger partial charge on any atom is -0.339 e. The van der Waals surface area contributed by atoms with Crippen LogP contribution >= 0.6 is 11.8 Å². The van der Waals surface area contributed by atoms with E-state index in [9.17, 15) is 4.79 Å². The lowest BCUT2D eigenvalue weighted by Gasteiger charge is -2.20. The number of nitrogens with zero attached hydrogens (tertiary/aromatic N) is 2. The first-order valence-electron chi connectivity index (χ1n) is 8.20. The quantitative estimate of drug-likeness (QED) is 0.833. The first-order chi connectivity index (χ1) is 11.2. The Hall–Kier alpha value is -1.81. The van der Waals surface area contributed by atoms with Gasteiger partial charge in [0.1, 0.15) is 5.03 Å². The number of likely N-dealkylation sites (tertiary alicyclic amines) is 1. The van der Waals surface area contributed by atoms with Crippen LogP contribution in [-0.2, 0) is 0 Å². The van der Waals surface area contributed by atoms with Crippen LogP contribution in [0.15, 0.2) is 58.6 Å². The average Bonchev–Trinajstić information content (AvgIpc) is 2.80. The maximum Gasteiger partial charge on any atom is 0.253 e. The van der Waals surface area contributed by atoms with Gasteiger partial charge in [-0.15, -0.1) is 0 Å². The van der Waals surface area contributed by atoms with E-state index in [4.69, 9.17) is 0 Å². The molecule has 3 rings (SSSR count). The Morgan fingerprint density at radius 2 is 1.96 bits per heavy atom. The number of carbonyl (C=O) groups is 1. The van der Waals surface area contributed by atoms with Gasteiger partial charge in [0.25, 0.3) is 5.91 Å². The van der Waals surface area contributed by atoms with Crippen LogP contribution in [0.1, 0.15) is 36.5 Å². The van der Waals surface area contributed by atoms with E-state index in [1.54, 1.807) is 18.0 Å². The number of hydrogen-bond acceptors (Lipinski definition) is 3. The Balaban J connectivity index is 1.65. The van der Waals surface area contributed by atoms with Gasteiger partial charge in [-0.25, -0.2) is 4.98 Å². The number of hydrogen-bond donors (Lipinski definition) is 0. The highest BCUT2D eigenvalue weighted by Crippen LogP contribution is 2.26. The third-order valence-electron chi connectivity index (χ3n) is 4.27. The second-order valence-corrected chi connectivity index (χ2v) is 7.22. The van der Waals surface area contributed by atoms with Gasteiger partial charge in [-0.1, -0.05) is 24.8 Å². The Kier molecular flexibility index (Phi) is 5.34. The lowest BCUT2D eigenvalue weighted by molar-refractivity contribution is 0.0760. The highest BCUT2D eigenvalue weighted by Gasteiger charge is 2.19. The molecule has 23 heavy (non-hydrogen) atoms. The lowest BCUT2D eigenvalue weighted by atomic mass is 10.0. The van der Waals surface area contributed by atoms with E-state index in [-0.39, 0.29) is 5.91 Å². The first-order valence-corrected chi connectivity index (χ1v) is 9.02. The summed E-state index contributed by atoms with van der Waals surface area (Å²) in [6.45, 7) is 4.04. The van der Waals surface area contributed by atoms with Crippen LogP contribution in [0.3, 0.4) is 0 Å². The second kappa shape index (κ2) is 7.64. The van der Waals surface area contributed by atoms with Gasteiger partial charge in [0.05, 0.1) is 0 Å². The molecule has 1 saturated heterocycles. The fourth-order valence-electron chi connectivity index (χ4n) is 2.84. The zero-order valence-corrected chi connectivity index (χ0v) is 14.3. The summed E-state index contributed by atoms with van der Waals surface area (Å²) in [5, 5.41) is 0.966. The van der Waals surface area contributed by atoms with Gasteiger partial charge in [0, 0.05) is 29.7 Å². The van der Waals surface area contributed by atoms with E-state index < -0.39 is 0 Å². The normalized spacial score (nSPS) is 18.5. The standard InChI is InChI=1S/C19H22N2OS/c1-15-5-4-13-21(14-11-15)19(22)16-7-9-17(10-8-16)23-18-6-2-3-12-20-18/h2-3,6-10,12,15H,4-5,11,13-14H2,1H3. The summed E-state index contributed by atoms with van der Waals surface area (Å²) in [6, 6.07) is 13.8. The van der Waals surface area contributed by atoms with Crippen LogP contribution in [-0.4, -0.2) is 28.9 Å². The van der Waals surface area contributed by atoms with Crippen molar-refractivity contribution in [2.24, 2.45) is 5.92 Å². The molecule has 1 aliphatic heterocycles. The smallest absolute Gasteiger partial charge is 0.253 e. The molecule has 1 fully saturated rings. The highest BCUT2D eigenvalue weighted by atomic mass is 32.2. The summed E-state index contributed by atoms with van der Waals surface area (Å²) < 4.78 is 0. The number of rotatable bonds is 3. The van der Waals surface area contributed by atoms with Crippen molar-refractivity contribution < 1.29 is 4.79 Å². The zero-order chi connectivity index (χ0) is 16.1. The van der Waals surface area contributed by atoms with Crippen molar-refractivity contribution in [3.8, 4) is 0 Å². The van der Waals surface area contributed by atoms with E-state index in [0.717, 1.165) is 47.3 Å². The molecule has 120 valence electrons. The van der Waals surface area contributed by atoms with Gasteiger partial charge >= 0.3 is 0 Å². The van der Waals surface area contributed by atoms with Crippen molar-refractivity contribution in [3.63, 3.8) is 0 Å². The molecule has 0 spiro atoms. The number of amides is 1. The van der Waals surface area contributed by atoms with E-state index in [1.807, 2.05) is 47.4 Å². The maximum atomic E-state index is 12.6. The van der Waals surface area contributed by atoms with Crippen molar-refractivity contribution >= 4 is 17.7 Å². The summed E-state index contributed by atoms with van der Waals surface area (Å²) in [7, 11) is 0. The Morgan fingerprint density at radius 3 is 2.70 bits per heavy atom. The Morgan fingerprint density at radius 1 is 1.13 bits per heavy atom. The van der Waals surface area contributed by atoms with Gasteiger partial charge in [-0.2, -0.15) is 0 Å². The molecule has 1 unspecified atom stereocenters. The fraction of sp³-hybridized carbons (Fsp3) is 0.368. The molecule has 2 heterocycles. The van der Waals surface area contributed by atoms with Crippen LogP contribution in [0.5, 0.6) is 0 Å². The predicted octanol–water partition coefficient (Wildman–Crippen LogP) is 4.50. The minimum atomic E-state index is 0.161. The summed E-state index contributed by atoms with van der Waals surface area (Å²) in [5.74, 6) is 0.887. The lowest BCUT2D eigenvalue weighted by Crippen LogP contribution is -2.31. The Bertz CT molecular complexity index is 642. The monoisotopic (exact) mass is 326 g/mol. The average molecular weight is 326 g/mol. The summed E-state index contributed by atoms with van der Waals surface area (Å²) >= 11 is 1.61. The minimum absolute atomic E-state index is 0.161. The molecular weight excluding hydrogens is 304 g/mol. The highest BCUT2D eigenvalue weighted by molar-refractivity contribution is 7.99. The van der Waals surface area contributed by atoms with Gasteiger partial charge in [-0.3, -0.25) is 4.79 Å². The molecule has 1 aliphatic rings. The molecule has 3 nitrogen and oxygen atoms in total. The number of benzene rings is 1. The molecule has 1 aromatic carbocycles. The zero-order valence-electron chi connectivity index (χ0n) is 13.4. The summed E-state index contributed by atoms with van der Waals surface area (Å²) in [4.78, 5) is 20.1. The van der Waals surface area contributed by atoms with Crippen molar-refractivity contribution in [1.82, 2.24) is 9.88 Å². The molecule has 0 saturated carbocycles. The van der Waals surface area contributed by atoms with Crippen LogP contribution in [0.4, 0.5) is 0 Å². The van der Waals surface area contributed by atoms with E-state index in [0.29, 0.717) is 0 Å². The molecular formula is C19H22N2OS. The molecule has 1 atom stereocenters. The largest absolute Gasteiger partial charge is 0.339 e. The summed E-state index contributed by atoms with van der Waals surface area (Å²) in [6.07, 6.45) is 5.24. The van der Waals surface area contributed by atoms with Gasteiger partial charge < -0.3 is 4.90 Å². The van der Waals surface area contributed by atoms with E-state index in [2.05, 4.69) is 11.9 Å². The van der Waals surface area contributed by atoms with E-state index >= 15 is 0 Å². The van der Waals surface area contributed by atoms with Crippen LogP contribution in [0, 0.1) is 5.92 Å². The molecule has 4 heteroatoms. The number of carbonyl (C=O) groups excluding carboxylic acids is 1. The molecule has 0 aliphatic carbocycles. The van der Waals surface area contributed by atoms with Gasteiger partial charge in [-0.05, 0) is 61.6 Å². The van der Waals surface area contributed by atoms with Crippen LogP contribution in [0.25, 0.3) is 0 Å². The predicted molar refractivity (Wildman–Crippen MR) is 93.7 cm³/mol. The maximum absolute atomic E-state index is 12.6. The van der Waals surface area contributed by atoms with Crippen LogP contribution < -0.4 is 0 Å². The Labute approximate surface area is 142 Å². The van der Waals surface area contributed by atoms with Crippen molar-refractivity contribution in [1.29, 1.82) is 0 Å². The topological polar surface area (TPSA) is 33.2 Å². The van der Waals surface area contributed by atoms with Crippen molar-refractivity contribution in [2.75, 3.05) is 13.1 Å². The molecule has 2 aromatic rings. The van der Waals surface area contributed by atoms with Gasteiger partial charge in [0.15, 0.2) is 0 Å². The fourth-order valence-corrected chi connectivity index (χ4v) is 3.62. The van der Waals surface area contributed by atoms with Crippen LogP contribution in [0.2, 0.25) is 0 Å². The molecule has 0 bridgehead atoms. The summed E-state index contributed by atoms with van der Waals surface area (Å²) in [5.41, 5.74) is 0.782. The molecule has 1 amide bonds. The number of pyridine rings is 1. The van der Waals surface area contributed by atoms with Crippen molar-refractivity contribution in [3.05, 3.63) is 54.2 Å².